The Morgan fingerprint density at radius 1 is 0.443 bits per heavy atom. The summed E-state index contributed by atoms with van der Waals surface area (Å²) in [4.78, 5) is 0. The van der Waals surface area contributed by atoms with E-state index < -0.39 is 17.1 Å². The van der Waals surface area contributed by atoms with Crippen LogP contribution in [0.25, 0.3) is 32.7 Å². The molecular formula is C53H66N2O4P2. The number of hydrogen-bond acceptors (Lipinski definition) is 6. The van der Waals surface area contributed by atoms with Crippen molar-refractivity contribution in [2.45, 2.75) is 119 Å². The molecule has 1 aliphatic rings. The molecule has 0 aromatic heterocycles. The zero-order valence-corrected chi connectivity index (χ0v) is 41.2. The Hall–Kier alpha value is -4.18. The highest BCUT2D eigenvalue weighted by atomic mass is 31.2. The molecule has 1 heterocycles. The summed E-state index contributed by atoms with van der Waals surface area (Å²) in [6, 6.07) is 34.2. The SMILES string of the molecule is Cc1c(C(C)(C)C)cc(C(C)(C)C)c2c1-c1c(C)c(C(C)(C)C)cc(C(C)(C)C)c1OP(Oc1ccc3ccccc3c1)N(C)CN(C)P(Oc1ccc3ccccc3c1)O2. The average Bonchev–Trinajstić information content (AvgIpc) is 3.17. The maximum absolute atomic E-state index is 7.63. The second-order valence-corrected chi connectivity index (χ2v) is 24.0. The highest BCUT2D eigenvalue weighted by Gasteiger charge is 2.40. The molecule has 0 amide bonds. The Balaban J connectivity index is 1.58. The lowest BCUT2D eigenvalue weighted by atomic mass is 9.72. The van der Waals surface area contributed by atoms with Crippen LogP contribution in [0.3, 0.4) is 0 Å². The summed E-state index contributed by atoms with van der Waals surface area (Å²) in [6.07, 6.45) is 0. The van der Waals surface area contributed by atoms with Gasteiger partial charge in [-0.15, -0.1) is 0 Å². The second-order valence-electron chi connectivity index (χ2n) is 20.9. The van der Waals surface area contributed by atoms with Crippen LogP contribution < -0.4 is 18.1 Å². The van der Waals surface area contributed by atoms with Gasteiger partial charge >= 0.3 is 17.1 Å². The van der Waals surface area contributed by atoms with E-state index in [1.807, 2.05) is 0 Å². The van der Waals surface area contributed by atoms with Crippen molar-refractivity contribution in [1.82, 2.24) is 9.34 Å². The van der Waals surface area contributed by atoms with Crippen molar-refractivity contribution < 1.29 is 18.1 Å². The van der Waals surface area contributed by atoms with Gasteiger partial charge in [0.15, 0.2) is 0 Å². The molecule has 2 atom stereocenters. The number of rotatable bonds is 4. The van der Waals surface area contributed by atoms with E-state index in [0.717, 1.165) is 66.8 Å². The molecule has 0 saturated carbocycles. The molecule has 6 aromatic rings. The van der Waals surface area contributed by atoms with Gasteiger partial charge in [0, 0.05) is 22.3 Å². The molecule has 1 aliphatic heterocycles. The summed E-state index contributed by atoms with van der Waals surface area (Å²) in [5.41, 5.74) is 8.36. The van der Waals surface area contributed by atoms with Gasteiger partial charge in [-0.05, 0) is 118 Å². The maximum Gasteiger partial charge on any atom is 0.385 e. The number of hydrogen-bond donors (Lipinski definition) is 0. The minimum absolute atomic E-state index is 0.163. The van der Waals surface area contributed by atoms with E-state index in [9.17, 15) is 0 Å². The number of fused-ring (bicyclic) bond motifs is 5. The molecule has 6 nitrogen and oxygen atoms in total. The maximum atomic E-state index is 7.63. The largest absolute Gasteiger partial charge is 0.427 e. The van der Waals surface area contributed by atoms with Crippen LogP contribution in [0.1, 0.15) is 116 Å². The summed E-state index contributed by atoms with van der Waals surface area (Å²) in [7, 11) is 0.663. The smallest absolute Gasteiger partial charge is 0.385 e. The van der Waals surface area contributed by atoms with Gasteiger partial charge in [0.1, 0.15) is 23.0 Å². The zero-order chi connectivity index (χ0) is 44.4. The molecule has 6 aromatic carbocycles. The first-order valence-corrected chi connectivity index (χ1v) is 23.8. The minimum atomic E-state index is -1.75. The van der Waals surface area contributed by atoms with E-state index >= 15 is 0 Å². The molecule has 2 unspecified atom stereocenters. The molecule has 0 fully saturated rings. The second kappa shape index (κ2) is 16.5. The fourth-order valence-corrected chi connectivity index (χ4v) is 11.1. The van der Waals surface area contributed by atoms with E-state index in [0.29, 0.717) is 6.67 Å². The fraction of sp³-hybridized carbons (Fsp3) is 0.396. The molecule has 0 saturated heterocycles. The van der Waals surface area contributed by atoms with Crippen molar-refractivity contribution in [3.05, 3.63) is 130 Å². The van der Waals surface area contributed by atoms with E-state index in [1.165, 1.54) is 22.3 Å². The molecule has 0 N–H and O–H groups in total. The van der Waals surface area contributed by atoms with Crippen LogP contribution in [0.15, 0.2) is 97.1 Å². The molecule has 0 radical (unpaired) electrons. The van der Waals surface area contributed by atoms with Gasteiger partial charge in [0.25, 0.3) is 0 Å². The van der Waals surface area contributed by atoms with Crippen LogP contribution in [-0.2, 0) is 21.7 Å². The number of nitrogens with zero attached hydrogens (tertiary/aromatic N) is 2. The van der Waals surface area contributed by atoms with Crippen molar-refractivity contribution >= 4 is 38.6 Å². The van der Waals surface area contributed by atoms with Crippen molar-refractivity contribution in [3.8, 4) is 34.1 Å². The predicted molar refractivity (Wildman–Crippen MR) is 261 cm³/mol. The van der Waals surface area contributed by atoms with Crippen molar-refractivity contribution in [2.75, 3.05) is 20.8 Å². The van der Waals surface area contributed by atoms with Crippen molar-refractivity contribution in [1.29, 1.82) is 0 Å². The monoisotopic (exact) mass is 856 g/mol. The quantitative estimate of drug-likeness (QED) is 0.165. The third-order valence-corrected chi connectivity index (χ3v) is 14.5. The average molecular weight is 857 g/mol. The van der Waals surface area contributed by atoms with Gasteiger partial charge in [-0.2, -0.15) is 0 Å². The highest BCUT2D eigenvalue weighted by molar-refractivity contribution is 7.46. The van der Waals surface area contributed by atoms with Crippen LogP contribution in [0.5, 0.6) is 23.0 Å². The molecule has 0 bridgehead atoms. The van der Waals surface area contributed by atoms with E-state index in [4.69, 9.17) is 18.1 Å². The van der Waals surface area contributed by atoms with Crippen LogP contribution in [0, 0.1) is 13.8 Å². The molecule has 322 valence electrons. The normalized spacial score (nSPS) is 17.2. The Kier molecular flexibility index (Phi) is 12.1. The summed E-state index contributed by atoms with van der Waals surface area (Å²) < 4.78 is 33.8. The molecule has 0 aliphatic carbocycles. The Labute approximate surface area is 368 Å². The van der Waals surface area contributed by atoms with Crippen molar-refractivity contribution in [2.24, 2.45) is 0 Å². The molecule has 7 rings (SSSR count). The molecule has 61 heavy (non-hydrogen) atoms. The van der Waals surface area contributed by atoms with Gasteiger partial charge in [0.2, 0.25) is 0 Å². The number of benzene rings is 6. The highest BCUT2D eigenvalue weighted by Crippen LogP contribution is 2.59. The van der Waals surface area contributed by atoms with Crippen LogP contribution in [-0.4, -0.2) is 30.1 Å². The fourth-order valence-electron chi connectivity index (χ4n) is 8.48. The first-order chi connectivity index (χ1) is 28.4. The zero-order valence-electron chi connectivity index (χ0n) is 39.4. The lowest BCUT2D eigenvalue weighted by molar-refractivity contribution is 0.295. The van der Waals surface area contributed by atoms with Crippen LogP contribution in [0.2, 0.25) is 0 Å². The summed E-state index contributed by atoms with van der Waals surface area (Å²) in [5, 5.41) is 4.55. The van der Waals surface area contributed by atoms with E-state index in [-0.39, 0.29) is 21.7 Å². The molecule has 0 spiro atoms. The van der Waals surface area contributed by atoms with Gasteiger partial charge in [0.05, 0.1) is 6.67 Å². The Morgan fingerprint density at radius 2 is 0.770 bits per heavy atom. The summed E-state index contributed by atoms with van der Waals surface area (Å²) in [5.74, 6) is 3.17. The van der Waals surface area contributed by atoms with Gasteiger partial charge in [-0.3, -0.25) is 0 Å². The first kappa shape index (κ1) is 44.9. The van der Waals surface area contributed by atoms with Crippen molar-refractivity contribution in [3.63, 3.8) is 0 Å². The Morgan fingerprint density at radius 3 is 1.10 bits per heavy atom. The third-order valence-electron chi connectivity index (χ3n) is 11.7. The van der Waals surface area contributed by atoms with Gasteiger partial charge in [-0.25, -0.2) is 9.34 Å². The standard InChI is InChI=1S/C53H66N2O4P2/c1-34-42(50(3,4)5)31-44(52(9,10)11)48-46(34)47-35(2)43(51(6,7)8)32-45(53(12,13)14)49(47)59-61(57-41-28-26-37-22-18-20-24-39(37)30-41)55(16)33-54(15)60(58-48)56-40-27-25-36-21-17-19-23-38(36)29-40/h17-32H,33H2,1-16H3. The first-order valence-electron chi connectivity index (χ1n) is 21.5. The van der Waals surface area contributed by atoms with Gasteiger partial charge < -0.3 is 18.1 Å². The van der Waals surface area contributed by atoms with E-state index in [2.05, 4.69) is 217 Å². The topological polar surface area (TPSA) is 43.4 Å². The summed E-state index contributed by atoms with van der Waals surface area (Å²) in [6.45, 7) is 32.6. The summed E-state index contributed by atoms with van der Waals surface area (Å²) >= 11 is 0. The lowest BCUT2D eigenvalue weighted by Crippen LogP contribution is -2.31. The lowest BCUT2D eigenvalue weighted by Gasteiger charge is -2.36. The molecule has 8 heteroatoms. The van der Waals surface area contributed by atoms with Gasteiger partial charge in [-0.1, -0.05) is 156 Å². The van der Waals surface area contributed by atoms with Crippen LogP contribution >= 0.6 is 17.1 Å². The minimum Gasteiger partial charge on any atom is -0.427 e. The molecular weight excluding hydrogens is 791 g/mol. The van der Waals surface area contributed by atoms with E-state index in [1.54, 1.807) is 0 Å². The predicted octanol–water partition coefficient (Wildman–Crippen LogP) is 15.7. The Bertz CT molecular complexity index is 2410. The third kappa shape index (κ3) is 9.30. The van der Waals surface area contributed by atoms with Crippen LogP contribution in [0.4, 0.5) is 0 Å².